The Hall–Kier alpha value is -3.66. The number of hydrogen-bond acceptors (Lipinski definition) is 6. The van der Waals surface area contributed by atoms with Crippen LogP contribution in [0.25, 0.3) is 5.69 Å². The van der Waals surface area contributed by atoms with E-state index in [1.807, 2.05) is 0 Å². The second kappa shape index (κ2) is 9.00. The van der Waals surface area contributed by atoms with Gasteiger partial charge in [0.2, 0.25) is 0 Å². The highest BCUT2D eigenvalue weighted by Crippen LogP contribution is 2.19. The molecule has 0 fully saturated rings. The van der Waals surface area contributed by atoms with Gasteiger partial charge < -0.3 is 4.74 Å². The molecule has 0 spiro atoms. The van der Waals surface area contributed by atoms with Crippen molar-refractivity contribution in [3.63, 3.8) is 0 Å². The molecule has 162 valence electrons. The smallest absolute Gasteiger partial charge is 0.295 e. The minimum absolute atomic E-state index is 0.0846. The number of pyridine rings is 3. The van der Waals surface area contributed by atoms with Crippen molar-refractivity contribution in [3.8, 4) is 11.4 Å². The normalized spacial score (nSPS) is 10.8. The van der Waals surface area contributed by atoms with Crippen LogP contribution in [0.1, 0.15) is 27.4 Å². The number of carbonyl (C=O) groups excluding carboxylic acids is 1. The second-order valence-electron chi connectivity index (χ2n) is 6.72. The largest absolute Gasteiger partial charge is 0.487 e. The van der Waals surface area contributed by atoms with Crippen molar-refractivity contribution in [2.24, 2.45) is 0 Å². The van der Waals surface area contributed by atoms with E-state index in [1.165, 1.54) is 37.1 Å². The second-order valence-corrected chi connectivity index (χ2v) is 6.72. The molecule has 3 aromatic heterocycles. The number of ether oxygens (including phenoxy) is 1. The Balaban J connectivity index is 1.92. The van der Waals surface area contributed by atoms with E-state index in [2.05, 4.69) is 9.97 Å². The van der Waals surface area contributed by atoms with Gasteiger partial charge in [0.25, 0.3) is 11.5 Å². The Morgan fingerprint density at radius 1 is 1.13 bits per heavy atom. The van der Waals surface area contributed by atoms with Crippen LogP contribution >= 0.6 is 0 Å². The topological polar surface area (TPSA) is 86.5 Å². The minimum Gasteiger partial charge on any atom is -0.487 e. The summed E-state index contributed by atoms with van der Waals surface area (Å²) < 4.78 is 33.6. The first-order valence-corrected chi connectivity index (χ1v) is 9.17. The average Bonchev–Trinajstić information content (AvgIpc) is 2.72. The van der Waals surface area contributed by atoms with Crippen molar-refractivity contribution in [1.82, 2.24) is 19.6 Å². The number of aromatic nitrogens is 3. The summed E-state index contributed by atoms with van der Waals surface area (Å²) in [5, 5.41) is 1.02. The van der Waals surface area contributed by atoms with Crippen molar-refractivity contribution in [2.45, 2.75) is 20.5 Å². The lowest BCUT2D eigenvalue weighted by atomic mass is 10.2. The van der Waals surface area contributed by atoms with Crippen LogP contribution in [-0.4, -0.2) is 39.7 Å². The van der Waals surface area contributed by atoms with E-state index in [1.54, 1.807) is 19.9 Å². The lowest BCUT2D eigenvalue weighted by Gasteiger charge is -2.17. The van der Waals surface area contributed by atoms with Gasteiger partial charge in [-0.15, -0.1) is 0 Å². The van der Waals surface area contributed by atoms with Gasteiger partial charge in [0, 0.05) is 37.1 Å². The third kappa shape index (κ3) is 4.75. The summed E-state index contributed by atoms with van der Waals surface area (Å²) >= 11 is 0. The summed E-state index contributed by atoms with van der Waals surface area (Å²) in [5.41, 5.74) is 1.27. The lowest BCUT2D eigenvalue weighted by Crippen LogP contribution is -2.27. The molecule has 0 aliphatic heterocycles. The zero-order valence-electron chi connectivity index (χ0n) is 17.3. The van der Waals surface area contributed by atoms with Gasteiger partial charge in [-0.2, -0.15) is 0 Å². The molecule has 0 aliphatic carbocycles. The molecule has 3 aromatic rings. The SMILES string of the molecule is CON(C)C(=O)c1cc(-n2c(C)cc(OCc3ncc(F)cc3F)cc2=O)c(C)cn1. The summed E-state index contributed by atoms with van der Waals surface area (Å²) in [6, 6.07) is 5.03. The monoisotopic (exact) mass is 430 g/mol. The van der Waals surface area contributed by atoms with Crippen LogP contribution < -0.4 is 10.3 Å². The Morgan fingerprint density at radius 3 is 2.52 bits per heavy atom. The molecule has 0 saturated heterocycles. The summed E-state index contributed by atoms with van der Waals surface area (Å²) in [4.78, 5) is 37.8. The Morgan fingerprint density at radius 2 is 1.87 bits per heavy atom. The number of halogens is 2. The number of hydrogen-bond donors (Lipinski definition) is 0. The van der Waals surface area contributed by atoms with Crippen molar-refractivity contribution in [3.05, 3.63) is 81.3 Å². The molecule has 31 heavy (non-hydrogen) atoms. The van der Waals surface area contributed by atoms with E-state index in [4.69, 9.17) is 9.57 Å². The third-order valence-electron chi connectivity index (χ3n) is 4.54. The number of hydroxylamine groups is 2. The first-order valence-electron chi connectivity index (χ1n) is 9.17. The maximum atomic E-state index is 13.7. The number of carbonyl (C=O) groups is 1. The molecule has 0 N–H and O–H groups in total. The maximum absolute atomic E-state index is 13.7. The van der Waals surface area contributed by atoms with Crippen LogP contribution in [-0.2, 0) is 11.4 Å². The molecule has 0 radical (unpaired) electrons. The number of aryl methyl sites for hydroxylation is 2. The number of amides is 1. The van der Waals surface area contributed by atoms with Gasteiger partial charge in [-0.05, 0) is 25.5 Å². The molecule has 0 aliphatic rings. The van der Waals surface area contributed by atoms with Gasteiger partial charge in [-0.1, -0.05) is 0 Å². The molecule has 0 atom stereocenters. The molecule has 8 nitrogen and oxygen atoms in total. The fraction of sp³-hybridized carbons (Fsp3) is 0.238. The van der Waals surface area contributed by atoms with Crippen molar-refractivity contribution < 1.29 is 23.1 Å². The van der Waals surface area contributed by atoms with E-state index in [9.17, 15) is 18.4 Å². The molecule has 0 saturated carbocycles. The quantitative estimate of drug-likeness (QED) is 0.559. The van der Waals surface area contributed by atoms with E-state index in [-0.39, 0.29) is 23.7 Å². The maximum Gasteiger partial charge on any atom is 0.295 e. The van der Waals surface area contributed by atoms with E-state index < -0.39 is 23.1 Å². The van der Waals surface area contributed by atoms with Crippen LogP contribution in [0.4, 0.5) is 8.78 Å². The molecule has 0 unspecified atom stereocenters. The van der Waals surface area contributed by atoms with Crippen molar-refractivity contribution in [1.29, 1.82) is 0 Å². The fourth-order valence-corrected chi connectivity index (χ4v) is 2.88. The molecule has 0 aromatic carbocycles. The Labute approximate surface area is 176 Å². The highest BCUT2D eigenvalue weighted by atomic mass is 19.1. The predicted octanol–water partition coefficient (Wildman–Crippen LogP) is 2.73. The Bertz CT molecular complexity index is 1200. The van der Waals surface area contributed by atoms with Crippen molar-refractivity contribution in [2.75, 3.05) is 14.2 Å². The van der Waals surface area contributed by atoms with Crippen molar-refractivity contribution >= 4 is 5.91 Å². The standard InChI is InChI=1S/C21H20F2N4O4/c1-12-9-24-17(21(29)26(3)30-4)8-19(12)27-13(2)5-15(7-20(27)28)31-11-18-16(23)6-14(22)10-25-18/h5-10H,11H2,1-4H3. The zero-order valence-corrected chi connectivity index (χ0v) is 17.3. The van der Waals surface area contributed by atoms with E-state index in [0.717, 1.165) is 11.3 Å². The van der Waals surface area contributed by atoms with E-state index in [0.29, 0.717) is 23.0 Å². The third-order valence-corrected chi connectivity index (χ3v) is 4.54. The van der Waals surface area contributed by atoms with Gasteiger partial charge in [0.15, 0.2) is 5.82 Å². The summed E-state index contributed by atoms with van der Waals surface area (Å²) in [5.74, 6) is -1.90. The van der Waals surface area contributed by atoms with Gasteiger partial charge in [0.05, 0.1) is 19.0 Å². The summed E-state index contributed by atoms with van der Waals surface area (Å²) in [6.45, 7) is 3.18. The highest BCUT2D eigenvalue weighted by Gasteiger charge is 2.17. The van der Waals surface area contributed by atoms with Crippen LogP contribution in [0, 0.1) is 25.5 Å². The van der Waals surface area contributed by atoms with Crippen LogP contribution in [0.5, 0.6) is 5.75 Å². The fourth-order valence-electron chi connectivity index (χ4n) is 2.88. The highest BCUT2D eigenvalue weighted by molar-refractivity contribution is 5.92. The lowest BCUT2D eigenvalue weighted by molar-refractivity contribution is -0.0760. The molecule has 3 rings (SSSR count). The number of rotatable bonds is 6. The van der Waals surface area contributed by atoms with E-state index >= 15 is 0 Å². The van der Waals surface area contributed by atoms with Crippen LogP contribution in [0.3, 0.4) is 0 Å². The predicted molar refractivity (Wildman–Crippen MR) is 107 cm³/mol. The molecule has 3 heterocycles. The van der Waals surface area contributed by atoms with Gasteiger partial charge in [-0.3, -0.25) is 29.0 Å². The van der Waals surface area contributed by atoms with Gasteiger partial charge in [0.1, 0.15) is 29.6 Å². The molecule has 1 amide bonds. The minimum atomic E-state index is -0.837. The zero-order chi connectivity index (χ0) is 22.7. The number of nitrogens with zero attached hydrogens (tertiary/aromatic N) is 4. The molecular formula is C21H20F2N4O4. The first kappa shape index (κ1) is 22.0. The van der Waals surface area contributed by atoms with Crippen LogP contribution in [0.2, 0.25) is 0 Å². The van der Waals surface area contributed by atoms with Crippen LogP contribution in [0.15, 0.2) is 41.5 Å². The molecule has 10 heteroatoms. The summed E-state index contributed by atoms with van der Waals surface area (Å²) in [6.07, 6.45) is 2.38. The molecule has 0 bridgehead atoms. The molecular weight excluding hydrogens is 410 g/mol. The average molecular weight is 430 g/mol. The summed E-state index contributed by atoms with van der Waals surface area (Å²) in [7, 11) is 2.81. The Kier molecular flexibility index (Phi) is 6.40. The van der Waals surface area contributed by atoms with Gasteiger partial charge >= 0.3 is 0 Å². The first-order chi connectivity index (χ1) is 14.7. The van der Waals surface area contributed by atoms with Gasteiger partial charge in [-0.25, -0.2) is 13.8 Å².